The van der Waals surface area contributed by atoms with Crippen molar-refractivity contribution in [3.05, 3.63) is 22.4 Å². The summed E-state index contributed by atoms with van der Waals surface area (Å²) in [5.41, 5.74) is 0. The van der Waals surface area contributed by atoms with Crippen LogP contribution in [0.2, 0.25) is 0 Å². The van der Waals surface area contributed by atoms with Crippen LogP contribution in [0, 0.1) is 0 Å². The number of carbonyl (C=O) groups excluding carboxylic acids is 2. The van der Waals surface area contributed by atoms with Crippen LogP contribution in [0.1, 0.15) is 29.4 Å². The molecule has 2 amide bonds. The van der Waals surface area contributed by atoms with Crippen LogP contribution in [0.25, 0.3) is 0 Å². The first kappa shape index (κ1) is 15.7. The summed E-state index contributed by atoms with van der Waals surface area (Å²) >= 11 is 1.37. The van der Waals surface area contributed by atoms with E-state index in [1.807, 2.05) is 11.4 Å². The van der Waals surface area contributed by atoms with E-state index in [0.29, 0.717) is 24.4 Å². The predicted octanol–water partition coefficient (Wildman–Crippen LogP) is 1.10. The Labute approximate surface area is 117 Å². The largest absolute Gasteiger partial charge is 0.393 e. The second-order valence-corrected chi connectivity index (χ2v) is 5.38. The van der Waals surface area contributed by atoms with Gasteiger partial charge in [0.05, 0.1) is 11.0 Å². The molecule has 1 aromatic heterocycles. The number of thiophene rings is 1. The molecule has 1 atom stereocenters. The van der Waals surface area contributed by atoms with E-state index < -0.39 is 6.10 Å². The fourth-order valence-corrected chi connectivity index (χ4v) is 2.11. The van der Waals surface area contributed by atoms with Crippen molar-refractivity contribution in [2.45, 2.75) is 25.9 Å². The first-order valence-corrected chi connectivity index (χ1v) is 7.12. The zero-order valence-corrected chi connectivity index (χ0v) is 12.1. The number of nitrogens with one attached hydrogen (secondary N) is 1. The molecule has 19 heavy (non-hydrogen) atoms. The summed E-state index contributed by atoms with van der Waals surface area (Å²) in [5, 5.41) is 13.7. The smallest absolute Gasteiger partial charge is 0.261 e. The average Bonchev–Trinajstić information content (AvgIpc) is 2.89. The third-order valence-corrected chi connectivity index (χ3v) is 3.55. The summed E-state index contributed by atoms with van der Waals surface area (Å²) in [6, 6.07) is 3.56. The quantitative estimate of drug-likeness (QED) is 0.787. The van der Waals surface area contributed by atoms with Gasteiger partial charge in [-0.3, -0.25) is 9.59 Å². The molecule has 1 rings (SSSR count). The Bertz CT molecular complexity index is 404. The Hall–Kier alpha value is -1.40. The van der Waals surface area contributed by atoms with Gasteiger partial charge in [0.1, 0.15) is 0 Å². The van der Waals surface area contributed by atoms with Crippen LogP contribution >= 0.6 is 11.3 Å². The zero-order valence-electron chi connectivity index (χ0n) is 11.3. The zero-order chi connectivity index (χ0) is 14.3. The molecule has 0 saturated heterocycles. The second-order valence-electron chi connectivity index (χ2n) is 4.44. The van der Waals surface area contributed by atoms with Crippen molar-refractivity contribution in [2.75, 3.05) is 20.1 Å². The van der Waals surface area contributed by atoms with Gasteiger partial charge in [-0.15, -0.1) is 11.3 Å². The molecule has 2 N–H and O–H groups in total. The van der Waals surface area contributed by atoms with Gasteiger partial charge in [-0.25, -0.2) is 0 Å². The van der Waals surface area contributed by atoms with E-state index in [-0.39, 0.29) is 18.2 Å². The molecule has 6 heteroatoms. The molecule has 0 spiro atoms. The number of rotatable bonds is 7. The molecular weight excluding hydrogens is 264 g/mol. The van der Waals surface area contributed by atoms with Gasteiger partial charge in [-0.2, -0.15) is 0 Å². The standard InChI is InChI=1S/C13H20N2O3S/c1-10(16)6-8-15(2)12(17)5-7-14-13(18)11-4-3-9-19-11/h3-4,9-10,16H,5-8H2,1-2H3,(H,14,18). The number of hydrogen-bond acceptors (Lipinski definition) is 4. The third kappa shape index (κ3) is 5.85. The van der Waals surface area contributed by atoms with Gasteiger partial charge in [0, 0.05) is 26.6 Å². The molecule has 0 bridgehead atoms. The van der Waals surface area contributed by atoms with Gasteiger partial charge in [0.2, 0.25) is 5.91 Å². The van der Waals surface area contributed by atoms with Gasteiger partial charge in [-0.05, 0) is 24.8 Å². The fraction of sp³-hybridized carbons (Fsp3) is 0.538. The highest BCUT2D eigenvalue weighted by Gasteiger charge is 2.11. The van der Waals surface area contributed by atoms with Crippen molar-refractivity contribution in [1.82, 2.24) is 10.2 Å². The first-order valence-electron chi connectivity index (χ1n) is 6.24. The van der Waals surface area contributed by atoms with Crippen molar-refractivity contribution in [2.24, 2.45) is 0 Å². The molecule has 1 aromatic rings. The van der Waals surface area contributed by atoms with Crippen LogP contribution in [0.15, 0.2) is 17.5 Å². The van der Waals surface area contributed by atoms with E-state index in [2.05, 4.69) is 5.32 Å². The number of aliphatic hydroxyl groups is 1. The predicted molar refractivity (Wildman–Crippen MR) is 75.2 cm³/mol. The Kier molecular flexibility index (Phi) is 6.52. The van der Waals surface area contributed by atoms with Crippen molar-refractivity contribution in [3.8, 4) is 0 Å². The third-order valence-electron chi connectivity index (χ3n) is 2.68. The van der Waals surface area contributed by atoms with Gasteiger partial charge < -0.3 is 15.3 Å². The minimum atomic E-state index is -0.409. The van der Waals surface area contributed by atoms with Gasteiger partial charge >= 0.3 is 0 Å². The van der Waals surface area contributed by atoms with Crippen LogP contribution < -0.4 is 5.32 Å². The van der Waals surface area contributed by atoms with E-state index in [9.17, 15) is 9.59 Å². The highest BCUT2D eigenvalue weighted by atomic mass is 32.1. The molecule has 1 heterocycles. The Morgan fingerprint density at radius 2 is 2.26 bits per heavy atom. The first-order chi connectivity index (χ1) is 9.00. The Morgan fingerprint density at radius 1 is 1.53 bits per heavy atom. The summed E-state index contributed by atoms with van der Waals surface area (Å²) in [7, 11) is 1.70. The summed E-state index contributed by atoms with van der Waals surface area (Å²) in [6.07, 6.45) is 0.422. The van der Waals surface area contributed by atoms with E-state index in [1.165, 1.54) is 11.3 Å². The maximum absolute atomic E-state index is 11.7. The van der Waals surface area contributed by atoms with Crippen LogP contribution in [0.4, 0.5) is 0 Å². The summed E-state index contributed by atoms with van der Waals surface area (Å²) in [6.45, 7) is 2.55. The van der Waals surface area contributed by atoms with E-state index in [4.69, 9.17) is 5.11 Å². The number of amides is 2. The van der Waals surface area contributed by atoms with Gasteiger partial charge in [0.25, 0.3) is 5.91 Å². The Balaban J connectivity index is 2.21. The normalized spacial score (nSPS) is 11.9. The van der Waals surface area contributed by atoms with Crippen molar-refractivity contribution < 1.29 is 14.7 Å². The van der Waals surface area contributed by atoms with Crippen LogP contribution in [-0.2, 0) is 4.79 Å². The minimum absolute atomic E-state index is 0.0351. The van der Waals surface area contributed by atoms with Crippen molar-refractivity contribution >= 4 is 23.2 Å². The fourth-order valence-electron chi connectivity index (χ4n) is 1.47. The number of nitrogens with zero attached hydrogens (tertiary/aromatic N) is 1. The maximum Gasteiger partial charge on any atom is 0.261 e. The highest BCUT2D eigenvalue weighted by molar-refractivity contribution is 7.12. The lowest BCUT2D eigenvalue weighted by atomic mass is 10.2. The highest BCUT2D eigenvalue weighted by Crippen LogP contribution is 2.07. The lowest BCUT2D eigenvalue weighted by Crippen LogP contribution is -2.33. The SMILES string of the molecule is CC(O)CCN(C)C(=O)CCNC(=O)c1cccs1. The Morgan fingerprint density at radius 3 is 2.84 bits per heavy atom. The van der Waals surface area contributed by atoms with Gasteiger partial charge in [-0.1, -0.05) is 6.07 Å². The minimum Gasteiger partial charge on any atom is -0.393 e. The van der Waals surface area contributed by atoms with E-state index in [1.54, 1.807) is 24.9 Å². The average molecular weight is 284 g/mol. The van der Waals surface area contributed by atoms with Crippen LogP contribution in [0.5, 0.6) is 0 Å². The van der Waals surface area contributed by atoms with Crippen molar-refractivity contribution in [1.29, 1.82) is 0 Å². The molecule has 0 radical (unpaired) electrons. The molecule has 0 aliphatic rings. The lowest BCUT2D eigenvalue weighted by Gasteiger charge is -2.18. The summed E-state index contributed by atoms with van der Waals surface area (Å²) in [5.74, 6) is -0.179. The molecule has 0 saturated carbocycles. The molecule has 1 unspecified atom stereocenters. The van der Waals surface area contributed by atoms with E-state index in [0.717, 1.165) is 0 Å². The monoisotopic (exact) mass is 284 g/mol. The molecule has 0 aromatic carbocycles. The lowest BCUT2D eigenvalue weighted by molar-refractivity contribution is -0.129. The summed E-state index contributed by atoms with van der Waals surface area (Å²) < 4.78 is 0. The number of aliphatic hydroxyl groups excluding tert-OH is 1. The number of hydrogen-bond donors (Lipinski definition) is 2. The van der Waals surface area contributed by atoms with E-state index >= 15 is 0 Å². The molecule has 5 nitrogen and oxygen atoms in total. The number of carbonyl (C=O) groups is 2. The summed E-state index contributed by atoms with van der Waals surface area (Å²) in [4.78, 5) is 25.6. The van der Waals surface area contributed by atoms with Crippen LogP contribution in [0.3, 0.4) is 0 Å². The molecule has 0 aliphatic heterocycles. The topological polar surface area (TPSA) is 69.6 Å². The maximum atomic E-state index is 11.7. The van der Waals surface area contributed by atoms with Crippen LogP contribution in [-0.4, -0.2) is 48.1 Å². The van der Waals surface area contributed by atoms with Crippen molar-refractivity contribution in [3.63, 3.8) is 0 Å². The molecule has 106 valence electrons. The second kappa shape index (κ2) is 7.91. The molecule has 0 aliphatic carbocycles. The van der Waals surface area contributed by atoms with Gasteiger partial charge in [0.15, 0.2) is 0 Å². The molecular formula is C13H20N2O3S. The molecule has 0 fully saturated rings.